The summed E-state index contributed by atoms with van der Waals surface area (Å²) in [5, 5.41) is 0. The molecule has 0 unspecified atom stereocenters. The van der Waals surface area contributed by atoms with Crippen LogP contribution in [0.1, 0.15) is 17.5 Å². The monoisotopic (exact) mass is 182 g/mol. The molecule has 0 saturated carbocycles. The third-order valence-corrected chi connectivity index (χ3v) is 2.35. The van der Waals surface area contributed by atoms with Crippen LogP contribution in [0.5, 0.6) is 0 Å². The van der Waals surface area contributed by atoms with Crippen LogP contribution in [0.3, 0.4) is 0 Å². The Kier molecular flexibility index (Phi) is 2.64. The molecule has 0 atom stereocenters. The van der Waals surface area contributed by atoms with Gasteiger partial charge in [0.15, 0.2) is 0 Å². The normalized spacial score (nSPS) is 15.1. The van der Waals surface area contributed by atoms with Gasteiger partial charge in [0.05, 0.1) is 0 Å². The molecule has 0 radical (unpaired) electrons. The Bertz CT molecular complexity index is 406. The second-order valence-electron chi connectivity index (χ2n) is 3.55. The Morgan fingerprint density at radius 2 is 2.07 bits per heavy atom. The van der Waals surface area contributed by atoms with Crippen molar-refractivity contribution >= 4 is 5.57 Å². The Hall–Kier alpha value is -1.56. The number of rotatable bonds is 1. The summed E-state index contributed by atoms with van der Waals surface area (Å²) in [6, 6.07) is 8.62. The van der Waals surface area contributed by atoms with E-state index in [1.165, 1.54) is 16.7 Å². The third-order valence-electron chi connectivity index (χ3n) is 2.35. The lowest BCUT2D eigenvalue weighted by Crippen LogP contribution is -1.81. The summed E-state index contributed by atoms with van der Waals surface area (Å²) in [5.74, 6) is 0. The number of benzene rings is 1. The van der Waals surface area contributed by atoms with E-state index in [0.29, 0.717) is 0 Å². The van der Waals surface area contributed by atoms with Gasteiger partial charge in [0, 0.05) is 0 Å². The molecule has 1 aliphatic carbocycles. The number of hydrogen-bond donors (Lipinski definition) is 0. The molecule has 0 heteroatoms. The molecule has 0 heterocycles. The maximum atomic E-state index is 2.26. The minimum absolute atomic E-state index is 1.02. The van der Waals surface area contributed by atoms with Crippen LogP contribution in [0.25, 0.3) is 5.57 Å². The molecule has 1 aromatic carbocycles. The van der Waals surface area contributed by atoms with Gasteiger partial charge in [-0.25, -0.2) is 0 Å². The van der Waals surface area contributed by atoms with E-state index in [1.54, 1.807) is 0 Å². The molecule has 1 aromatic rings. The highest BCUT2D eigenvalue weighted by atomic mass is 14.0. The molecule has 0 saturated heterocycles. The zero-order valence-electron chi connectivity index (χ0n) is 8.40. The highest BCUT2D eigenvalue weighted by Gasteiger charge is 1.98. The maximum Gasteiger partial charge on any atom is -0.0157 e. The van der Waals surface area contributed by atoms with Gasteiger partial charge in [-0.2, -0.15) is 0 Å². The fourth-order valence-electron chi connectivity index (χ4n) is 1.62. The molecule has 0 fully saturated rings. The van der Waals surface area contributed by atoms with Crippen molar-refractivity contribution in [1.29, 1.82) is 0 Å². The quantitative estimate of drug-likeness (QED) is 0.618. The topological polar surface area (TPSA) is 0 Å². The summed E-state index contributed by atoms with van der Waals surface area (Å²) in [5.41, 5.74) is 3.94. The maximum absolute atomic E-state index is 2.26. The van der Waals surface area contributed by atoms with E-state index < -0.39 is 0 Å². The van der Waals surface area contributed by atoms with Gasteiger partial charge in [-0.1, -0.05) is 60.2 Å². The Labute approximate surface area is 85.3 Å². The molecule has 0 aliphatic heterocycles. The summed E-state index contributed by atoms with van der Waals surface area (Å²) < 4.78 is 0. The van der Waals surface area contributed by atoms with Crippen molar-refractivity contribution in [3.05, 3.63) is 65.8 Å². The number of allylic oxidation sites excluding steroid dienone is 6. The molecule has 14 heavy (non-hydrogen) atoms. The smallest absolute Gasteiger partial charge is 0.0157 e. The lowest BCUT2D eigenvalue weighted by molar-refractivity contribution is 1.39. The fourth-order valence-corrected chi connectivity index (χ4v) is 1.62. The van der Waals surface area contributed by atoms with Crippen molar-refractivity contribution in [3.63, 3.8) is 0 Å². The summed E-state index contributed by atoms with van der Waals surface area (Å²) in [7, 11) is 0. The van der Waals surface area contributed by atoms with Crippen molar-refractivity contribution in [2.75, 3.05) is 0 Å². The summed E-state index contributed by atoms with van der Waals surface area (Å²) in [6.07, 6.45) is 11.8. The van der Waals surface area contributed by atoms with Crippen LogP contribution < -0.4 is 0 Å². The molecule has 0 spiro atoms. The van der Waals surface area contributed by atoms with E-state index >= 15 is 0 Å². The van der Waals surface area contributed by atoms with Gasteiger partial charge in [-0.3, -0.25) is 0 Å². The van der Waals surface area contributed by atoms with E-state index in [-0.39, 0.29) is 0 Å². The molecular weight excluding hydrogens is 168 g/mol. The number of hydrogen-bond acceptors (Lipinski definition) is 0. The average Bonchev–Trinajstić information content (AvgIpc) is 2.45. The van der Waals surface area contributed by atoms with Gasteiger partial charge in [0.25, 0.3) is 0 Å². The van der Waals surface area contributed by atoms with Crippen LogP contribution in [0.15, 0.2) is 54.6 Å². The zero-order chi connectivity index (χ0) is 9.80. The molecular formula is C14H14. The first-order chi connectivity index (χ1) is 6.86. The zero-order valence-corrected chi connectivity index (χ0v) is 8.40. The number of aryl methyl sites for hydroxylation is 1. The van der Waals surface area contributed by atoms with Crippen LogP contribution in [-0.2, 0) is 0 Å². The van der Waals surface area contributed by atoms with Gasteiger partial charge < -0.3 is 0 Å². The summed E-state index contributed by atoms with van der Waals surface area (Å²) in [6.45, 7) is 2.13. The van der Waals surface area contributed by atoms with E-state index in [4.69, 9.17) is 0 Å². The first-order valence-corrected chi connectivity index (χ1v) is 4.97. The molecule has 0 N–H and O–H groups in total. The lowest BCUT2D eigenvalue weighted by Gasteiger charge is -2.02. The fraction of sp³-hybridized carbons (Fsp3) is 0.143. The Balaban J connectivity index is 2.35. The predicted molar refractivity (Wildman–Crippen MR) is 62.1 cm³/mol. The van der Waals surface area contributed by atoms with Gasteiger partial charge in [0.2, 0.25) is 0 Å². The molecule has 0 aromatic heterocycles. The summed E-state index contributed by atoms with van der Waals surface area (Å²) >= 11 is 0. The van der Waals surface area contributed by atoms with E-state index in [9.17, 15) is 0 Å². The van der Waals surface area contributed by atoms with Crippen LogP contribution >= 0.6 is 0 Å². The minimum Gasteiger partial charge on any atom is -0.0807 e. The SMILES string of the molecule is Cc1cccc(C2=CCC=CC=C2)c1. The standard InChI is InChI=1S/C14H14/c1-12-7-6-10-14(11-12)13-8-4-2-3-5-9-13/h2-4,6-11H,5H2,1H3. The van der Waals surface area contributed by atoms with E-state index in [1.807, 2.05) is 0 Å². The average molecular weight is 182 g/mol. The second-order valence-corrected chi connectivity index (χ2v) is 3.55. The Morgan fingerprint density at radius 1 is 1.14 bits per heavy atom. The van der Waals surface area contributed by atoms with Crippen molar-refractivity contribution in [1.82, 2.24) is 0 Å². The van der Waals surface area contributed by atoms with Crippen LogP contribution in [0.2, 0.25) is 0 Å². The highest BCUT2D eigenvalue weighted by Crippen LogP contribution is 2.19. The first kappa shape index (κ1) is 9.01. The van der Waals surface area contributed by atoms with Gasteiger partial charge in [0.1, 0.15) is 0 Å². The molecule has 2 rings (SSSR count). The van der Waals surface area contributed by atoms with Crippen molar-refractivity contribution in [2.24, 2.45) is 0 Å². The molecule has 1 aliphatic rings. The second kappa shape index (κ2) is 4.10. The van der Waals surface area contributed by atoms with E-state index in [0.717, 1.165) is 6.42 Å². The lowest BCUT2D eigenvalue weighted by atomic mass is 10.0. The third kappa shape index (κ3) is 2.02. The van der Waals surface area contributed by atoms with Crippen molar-refractivity contribution in [2.45, 2.75) is 13.3 Å². The van der Waals surface area contributed by atoms with Gasteiger partial charge in [-0.05, 0) is 24.5 Å². The predicted octanol–water partition coefficient (Wildman–Crippen LogP) is 3.89. The van der Waals surface area contributed by atoms with Gasteiger partial charge in [-0.15, -0.1) is 0 Å². The summed E-state index contributed by atoms with van der Waals surface area (Å²) in [4.78, 5) is 0. The minimum atomic E-state index is 1.02. The van der Waals surface area contributed by atoms with Crippen LogP contribution in [0.4, 0.5) is 0 Å². The highest BCUT2D eigenvalue weighted by molar-refractivity contribution is 5.75. The molecule has 0 amide bonds. The molecule has 0 nitrogen and oxygen atoms in total. The largest absolute Gasteiger partial charge is 0.0807 e. The molecule has 0 bridgehead atoms. The molecule has 70 valence electrons. The van der Waals surface area contributed by atoms with E-state index in [2.05, 4.69) is 61.6 Å². The van der Waals surface area contributed by atoms with Crippen molar-refractivity contribution < 1.29 is 0 Å². The van der Waals surface area contributed by atoms with Crippen molar-refractivity contribution in [3.8, 4) is 0 Å². The Morgan fingerprint density at radius 3 is 2.93 bits per heavy atom. The van der Waals surface area contributed by atoms with Crippen LogP contribution in [0, 0.1) is 6.92 Å². The van der Waals surface area contributed by atoms with Gasteiger partial charge >= 0.3 is 0 Å². The first-order valence-electron chi connectivity index (χ1n) is 4.97. The van der Waals surface area contributed by atoms with Crippen LogP contribution in [-0.4, -0.2) is 0 Å².